The van der Waals surface area contributed by atoms with E-state index in [1.165, 1.54) is 5.56 Å². The fourth-order valence-corrected chi connectivity index (χ4v) is 5.21. The fraction of sp³-hybridized carbons (Fsp3) is 0.406. The number of rotatable bonds is 12. The van der Waals surface area contributed by atoms with E-state index < -0.39 is 0 Å². The van der Waals surface area contributed by atoms with Crippen molar-refractivity contribution in [2.45, 2.75) is 45.4 Å². The van der Waals surface area contributed by atoms with Crippen LogP contribution in [0.2, 0.25) is 0 Å². The van der Waals surface area contributed by atoms with Gasteiger partial charge in [-0.05, 0) is 73.7 Å². The van der Waals surface area contributed by atoms with Gasteiger partial charge < -0.3 is 29.0 Å². The lowest BCUT2D eigenvalue weighted by Gasteiger charge is -2.37. The molecule has 8 heteroatoms. The van der Waals surface area contributed by atoms with Crippen LogP contribution in [0.1, 0.15) is 42.1 Å². The van der Waals surface area contributed by atoms with Gasteiger partial charge in [0, 0.05) is 24.7 Å². The number of amides is 1. The number of nitrogens with one attached hydrogen (secondary N) is 1. The fourth-order valence-electron chi connectivity index (χ4n) is 5.21. The Morgan fingerprint density at radius 2 is 1.57 bits per heavy atom. The highest BCUT2D eigenvalue weighted by atomic mass is 16.5. The van der Waals surface area contributed by atoms with Crippen LogP contribution in [-0.2, 0) is 24.2 Å². The van der Waals surface area contributed by atoms with Crippen LogP contribution in [0.25, 0.3) is 0 Å². The minimum atomic E-state index is -0.0562. The number of carbonyl (C=O) groups is 1. The zero-order valence-corrected chi connectivity index (χ0v) is 24.3. The highest BCUT2D eigenvalue weighted by Gasteiger charge is 2.31. The molecule has 0 bridgehead atoms. The van der Waals surface area contributed by atoms with Crippen LogP contribution < -0.4 is 29.0 Å². The topological polar surface area (TPSA) is 78.5 Å². The number of para-hydroxylation sites is 1. The number of ether oxygens (including phenoxy) is 5. The Morgan fingerprint density at radius 1 is 0.875 bits per heavy atom. The van der Waals surface area contributed by atoms with Crippen LogP contribution >= 0.6 is 0 Å². The summed E-state index contributed by atoms with van der Waals surface area (Å²) in [7, 11) is 6.57. The highest BCUT2D eigenvalue weighted by molar-refractivity contribution is 5.78. The second kappa shape index (κ2) is 13.4. The van der Waals surface area contributed by atoms with Gasteiger partial charge in [-0.25, -0.2) is 0 Å². The number of fused-ring (bicyclic) bond motifs is 1. The van der Waals surface area contributed by atoms with E-state index in [0.717, 1.165) is 41.2 Å². The van der Waals surface area contributed by atoms with Gasteiger partial charge in [-0.15, -0.1) is 0 Å². The van der Waals surface area contributed by atoms with Gasteiger partial charge in [0.2, 0.25) is 5.91 Å². The third kappa shape index (κ3) is 6.80. The molecule has 0 saturated heterocycles. The van der Waals surface area contributed by atoms with Crippen LogP contribution in [0.3, 0.4) is 0 Å². The highest BCUT2D eigenvalue weighted by Crippen LogP contribution is 2.40. The predicted octanol–water partition coefficient (Wildman–Crippen LogP) is 4.97. The van der Waals surface area contributed by atoms with Gasteiger partial charge in [0.1, 0.15) is 5.75 Å². The molecule has 1 N–H and O–H groups in total. The van der Waals surface area contributed by atoms with Crippen LogP contribution in [0.4, 0.5) is 0 Å². The molecule has 1 atom stereocenters. The van der Waals surface area contributed by atoms with Crippen LogP contribution in [-0.4, -0.2) is 58.4 Å². The maximum absolute atomic E-state index is 13.2. The summed E-state index contributed by atoms with van der Waals surface area (Å²) >= 11 is 0. The first kappa shape index (κ1) is 29.1. The molecule has 0 spiro atoms. The molecule has 3 aromatic rings. The van der Waals surface area contributed by atoms with E-state index in [2.05, 4.69) is 22.3 Å². The summed E-state index contributed by atoms with van der Waals surface area (Å²) in [6.07, 6.45) is 1.48. The van der Waals surface area contributed by atoms with Crippen molar-refractivity contribution in [3.63, 3.8) is 0 Å². The number of hydrogen-bond acceptors (Lipinski definition) is 7. The zero-order valence-electron chi connectivity index (χ0n) is 24.3. The Labute approximate surface area is 237 Å². The molecule has 1 aliphatic rings. The molecule has 40 heavy (non-hydrogen) atoms. The van der Waals surface area contributed by atoms with Gasteiger partial charge in [0.15, 0.2) is 23.0 Å². The van der Waals surface area contributed by atoms with Crippen molar-refractivity contribution >= 4 is 5.91 Å². The Morgan fingerprint density at radius 3 is 2.27 bits per heavy atom. The maximum Gasteiger partial charge on any atom is 0.234 e. The van der Waals surface area contributed by atoms with E-state index >= 15 is 0 Å². The molecule has 0 aromatic heterocycles. The molecule has 1 amide bonds. The number of benzene rings is 3. The van der Waals surface area contributed by atoms with E-state index in [0.29, 0.717) is 30.2 Å². The van der Waals surface area contributed by atoms with Crippen molar-refractivity contribution in [3.8, 4) is 28.7 Å². The molecular weight excluding hydrogens is 508 g/mol. The van der Waals surface area contributed by atoms with Crippen molar-refractivity contribution < 1.29 is 28.5 Å². The van der Waals surface area contributed by atoms with E-state index in [1.807, 2.05) is 56.3 Å². The number of nitrogens with zero attached hydrogens (tertiary/aromatic N) is 1. The maximum atomic E-state index is 13.2. The molecule has 1 unspecified atom stereocenters. The molecule has 0 aliphatic carbocycles. The quantitative estimate of drug-likeness (QED) is 0.343. The number of hydrogen-bond donors (Lipinski definition) is 1. The monoisotopic (exact) mass is 548 g/mol. The first-order valence-corrected chi connectivity index (χ1v) is 13.6. The molecule has 4 rings (SSSR count). The Kier molecular flexibility index (Phi) is 9.77. The van der Waals surface area contributed by atoms with Gasteiger partial charge >= 0.3 is 0 Å². The average Bonchev–Trinajstić information content (AvgIpc) is 2.96. The number of methoxy groups -OCH3 is 4. The molecule has 1 aliphatic heterocycles. The lowest BCUT2D eigenvalue weighted by molar-refractivity contribution is -0.123. The second-order valence-corrected chi connectivity index (χ2v) is 10.1. The normalized spacial score (nSPS) is 14.8. The van der Waals surface area contributed by atoms with Crippen LogP contribution in [0.5, 0.6) is 28.7 Å². The van der Waals surface area contributed by atoms with Crippen LogP contribution in [0.15, 0.2) is 54.6 Å². The molecule has 0 fully saturated rings. The molecule has 0 radical (unpaired) electrons. The van der Waals surface area contributed by atoms with Gasteiger partial charge in [-0.1, -0.05) is 24.3 Å². The summed E-state index contributed by atoms with van der Waals surface area (Å²) in [4.78, 5) is 15.5. The summed E-state index contributed by atoms with van der Waals surface area (Å²) in [6, 6.07) is 17.8. The van der Waals surface area contributed by atoms with Gasteiger partial charge in [0.05, 0.1) is 41.1 Å². The van der Waals surface area contributed by atoms with E-state index in [-0.39, 0.29) is 24.6 Å². The Balaban J connectivity index is 1.63. The van der Waals surface area contributed by atoms with Crippen molar-refractivity contribution in [1.29, 1.82) is 0 Å². The molecular formula is C32H40N2O6. The van der Waals surface area contributed by atoms with E-state index in [1.54, 1.807) is 28.4 Å². The van der Waals surface area contributed by atoms with Crippen molar-refractivity contribution in [2.75, 3.05) is 41.5 Å². The first-order chi connectivity index (χ1) is 19.4. The van der Waals surface area contributed by atoms with Crippen LogP contribution in [0, 0.1) is 0 Å². The molecule has 8 nitrogen and oxygen atoms in total. The third-order valence-electron chi connectivity index (χ3n) is 7.15. The second-order valence-electron chi connectivity index (χ2n) is 10.1. The average molecular weight is 549 g/mol. The standard InChI is InChI=1S/C32H40N2O6/c1-21(2)40-31-18-25-23(17-30(31)39-6)13-14-34(20-32(35)33-19-24-9-7-8-10-27(24)36-3)26(25)15-22-11-12-28(37-4)29(16-22)38-5/h7-12,16-18,21,26H,13-15,19-20H2,1-6H3,(H,33,35). The minimum Gasteiger partial charge on any atom is -0.496 e. The molecule has 1 heterocycles. The molecule has 3 aromatic carbocycles. The lowest BCUT2D eigenvalue weighted by atomic mass is 9.88. The number of carbonyl (C=O) groups excluding carboxylic acids is 1. The SMILES string of the molecule is COc1ccccc1CNC(=O)CN1CCc2cc(OC)c(OC(C)C)cc2C1Cc1ccc(OC)c(OC)c1. The van der Waals surface area contributed by atoms with Gasteiger partial charge in [0.25, 0.3) is 0 Å². The predicted molar refractivity (Wildman–Crippen MR) is 155 cm³/mol. The summed E-state index contributed by atoms with van der Waals surface area (Å²) < 4.78 is 28.2. The smallest absolute Gasteiger partial charge is 0.234 e. The third-order valence-corrected chi connectivity index (χ3v) is 7.15. The Hall–Kier alpha value is -3.91. The minimum absolute atomic E-state index is 0.00306. The molecule has 214 valence electrons. The van der Waals surface area contributed by atoms with Crippen molar-refractivity contribution in [3.05, 3.63) is 76.9 Å². The van der Waals surface area contributed by atoms with Gasteiger partial charge in [-0.3, -0.25) is 9.69 Å². The first-order valence-electron chi connectivity index (χ1n) is 13.6. The van der Waals surface area contributed by atoms with Crippen molar-refractivity contribution in [1.82, 2.24) is 10.2 Å². The van der Waals surface area contributed by atoms with Crippen molar-refractivity contribution in [2.24, 2.45) is 0 Å². The van der Waals surface area contributed by atoms with Gasteiger partial charge in [-0.2, -0.15) is 0 Å². The molecule has 0 saturated carbocycles. The Bertz CT molecular complexity index is 1310. The lowest BCUT2D eigenvalue weighted by Crippen LogP contribution is -2.43. The van der Waals surface area contributed by atoms with E-state index in [9.17, 15) is 4.79 Å². The summed E-state index contributed by atoms with van der Waals surface area (Å²) in [6.45, 7) is 5.40. The summed E-state index contributed by atoms with van der Waals surface area (Å²) in [5.41, 5.74) is 4.35. The summed E-state index contributed by atoms with van der Waals surface area (Å²) in [5, 5.41) is 3.08. The zero-order chi connectivity index (χ0) is 28.6. The van der Waals surface area contributed by atoms with E-state index in [4.69, 9.17) is 23.7 Å². The largest absolute Gasteiger partial charge is 0.496 e. The summed E-state index contributed by atoms with van der Waals surface area (Å²) in [5.74, 6) is 3.50.